The molecule has 0 spiro atoms. The number of likely N-dealkylation sites (N-methyl/N-ethyl adjacent to an activating group) is 1. The Hall–Kier alpha value is -2.53. The summed E-state index contributed by atoms with van der Waals surface area (Å²) in [6, 6.07) is 8.02. The molecule has 0 saturated heterocycles. The van der Waals surface area contributed by atoms with E-state index in [-0.39, 0.29) is 5.82 Å². The number of fused-ring (bicyclic) bond motifs is 3. The van der Waals surface area contributed by atoms with Crippen LogP contribution in [0.5, 0.6) is 0 Å². The van der Waals surface area contributed by atoms with Gasteiger partial charge in [-0.15, -0.1) is 0 Å². The van der Waals surface area contributed by atoms with E-state index in [1.165, 1.54) is 12.1 Å². The van der Waals surface area contributed by atoms with E-state index in [4.69, 9.17) is 0 Å². The Balaban J connectivity index is 1.97. The molecule has 4 nitrogen and oxygen atoms in total. The van der Waals surface area contributed by atoms with E-state index in [0.717, 1.165) is 35.2 Å². The number of amides is 1. The summed E-state index contributed by atoms with van der Waals surface area (Å²) in [7, 11) is 2.01. The van der Waals surface area contributed by atoms with Crippen LogP contribution < -0.4 is 5.32 Å². The number of benzene rings is 2. The van der Waals surface area contributed by atoms with Crippen molar-refractivity contribution in [3.05, 3.63) is 52.8 Å². The Morgan fingerprint density at radius 2 is 1.83 bits per heavy atom. The summed E-state index contributed by atoms with van der Waals surface area (Å²) in [5, 5.41) is 2.71. The summed E-state index contributed by atoms with van der Waals surface area (Å²) in [5.74, 6) is -1.37. The number of carbonyl (C=O) groups excluding carboxylic acids is 2. The molecule has 1 amide bonds. The van der Waals surface area contributed by atoms with Crippen LogP contribution in [-0.4, -0.2) is 30.2 Å². The van der Waals surface area contributed by atoms with Gasteiger partial charge in [0, 0.05) is 13.1 Å². The van der Waals surface area contributed by atoms with Gasteiger partial charge in [0.15, 0.2) is 0 Å². The molecular weight excluding hydrogens is 295 g/mol. The molecule has 0 saturated carbocycles. The topological polar surface area (TPSA) is 49.4 Å². The Kier molecular flexibility index (Phi) is 3.06. The number of hydrogen-bond acceptors (Lipinski definition) is 3. The van der Waals surface area contributed by atoms with Crippen LogP contribution in [0, 0.1) is 5.82 Å². The van der Waals surface area contributed by atoms with Crippen molar-refractivity contribution in [2.45, 2.75) is 13.0 Å². The van der Waals surface area contributed by atoms with Crippen molar-refractivity contribution < 1.29 is 14.0 Å². The fourth-order valence-electron chi connectivity index (χ4n) is 3.39. The zero-order chi connectivity index (χ0) is 16.1. The van der Waals surface area contributed by atoms with Gasteiger partial charge in [-0.25, -0.2) is 4.39 Å². The maximum absolute atomic E-state index is 13.2. The molecule has 2 aromatic rings. The number of carbonyl (C=O) groups is 2. The van der Waals surface area contributed by atoms with Crippen molar-refractivity contribution in [2.24, 2.45) is 0 Å². The van der Waals surface area contributed by atoms with E-state index in [2.05, 4.69) is 10.2 Å². The van der Waals surface area contributed by atoms with E-state index < -0.39 is 11.7 Å². The van der Waals surface area contributed by atoms with Crippen molar-refractivity contribution in [3.63, 3.8) is 0 Å². The van der Waals surface area contributed by atoms with Crippen LogP contribution >= 0.6 is 0 Å². The lowest BCUT2D eigenvalue weighted by molar-refractivity contribution is -0.112. The standard InChI is InChI=1S/C18H15FN2O2/c1-21-7-6-12-13(10-2-4-11(19)5-3-10)8-14-16(15(12)9-21)20-18(23)17(14)22/h2-5,8H,6-7,9H2,1H3,(H,20,22,23). The minimum atomic E-state index is -0.577. The molecule has 0 unspecified atom stereocenters. The van der Waals surface area contributed by atoms with E-state index >= 15 is 0 Å². The molecule has 1 N–H and O–H groups in total. The molecule has 0 bridgehead atoms. The van der Waals surface area contributed by atoms with Crippen molar-refractivity contribution in [1.29, 1.82) is 0 Å². The first-order valence-corrected chi connectivity index (χ1v) is 7.53. The number of hydrogen-bond donors (Lipinski definition) is 1. The molecule has 2 aromatic carbocycles. The van der Waals surface area contributed by atoms with Crippen LogP contribution in [0.15, 0.2) is 30.3 Å². The van der Waals surface area contributed by atoms with Crippen LogP contribution in [0.25, 0.3) is 11.1 Å². The minimum Gasteiger partial charge on any atom is -0.318 e. The maximum Gasteiger partial charge on any atom is 0.296 e. The van der Waals surface area contributed by atoms with Crippen LogP contribution in [0.1, 0.15) is 21.5 Å². The fraction of sp³-hybridized carbons (Fsp3) is 0.222. The Morgan fingerprint density at radius 3 is 2.57 bits per heavy atom. The van der Waals surface area contributed by atoms with Gasteiger partial charge in [0.2, 0.25) is 0 Å². The number of anilines is 1. The predicted octanol–water partition coefficient (Wildman–Crippen LogP) is 2.62. The molecule has 0 atom stereocenters. The van der Waals surface area contributed by atoms with Crippen LogP contribution in [0.3, 0.4) is 0 Å². The van der Waals surface area contributed by atoms with Crippen molar-refractivity contribution in [2.75, 3.05) is 18.9 Å². The van der Waals surface area contributed by atoms with Crippen molar-refractivity contribution >= 4 is 17.4 Å². The zero-order valence-electron chi connectivity index (χ0n) is 12.6. The minimum absolute atomic E-state index is 0.295. The first kappa shape index (κ1) is 14.1. The van der Waals surface area contributed by atoms with Gasteiger partial charge < -0.3 is 10.2 Å². The third-order valence-corrected chi connectivity index (χ3v) is 4.57. The number of nitrogens with one attached hydrogen (secondary N) is 1. The molecule has 2 aliphatic heterocycles. The number of Topliss-reactive ketones (excluding diaryl/α,β-unsaturated/α-hetero) is 1. The molecule has 116 valence electrons. The number of rotatable bonds is 1. The van der Waals surface area contributed by atoms with Gasteiger partial charge in [0.25, 0.3) is 11.7 Å². The molecular formula is C18H15FN2O2. The maximum atomic E-state index is 13.2. The summed E-state index contributed by atoms with van der Waals surface area (Å²) < 4.78 is 13.2. The average molecular weight is 310 g/mol. The molecule has 2 aliphatic rings. The molecule has 5 heteroatoms. The monoisotopic (exact) mass is 310 g/mol. The molecule has 0 fully saturated rings. The summed E-state index contributed by atoms with van der Waals surface area (Å²) in [6.07, 6.45) is 0.829. The van der Waals surface area contributed by atoms with Crippen LogP contribution in [0.2, 0.25) is 0 Å². The Bertz CT molecular complexity index is 843. The first-order valence-electron chi connectivity index (χ1n) is 7.53. The highest BCUT2D eigenvalue weighted by Crippen LogP contribution is 2.39. The SMILES string of the molecule is CN1CCc2c(-c3ccc(F)cc3)cc3c(c2C1)NC(=O)C3=O. The normalized spacial score (nSPS) is 17.0. The van der Waals surface area contributed by atoms with Crippen LogP contribution in [-0.2, 0) is 17.8 Å². The second-order valence-corrected chi connectivity index (χ2v) is 6.08. The highest BCUT2D eigenvalue weighted by Gasteiger charge is 2.34. The van der Waals surface area contributed by atoms with Gasteiger partial charge in [-0.1, -0.05) is 12.1 Å². The van der Waals surface area contributed by atoms with Gasteiger partial charge in [-0.2, -0.15) is 0 Å². The van der Waals surface area contributed by atoms with Gasteiger partial charge in [0.05, 0.1) is 11.3 Å². The zero-order valence-corrected chi connectivity index (χ0v) is 12.6. The molecule has 0 aliphatic carbocycles. The largest absolute Gasteiger partial charge is 0.318 e. The van der Waals surface area contributed by atoms with Crippen LogP contribution in [0.4, 0.5) is 10.1 Å². The number of ketones is 1. The third-order valence-electron chi connectivity index (χ3n) is 4.57. The number of nitrogens with zero attached hydrogens (tertiary/aromatic N) is 1. The molecule has 2 heterocycles. The smallest absolute Gasteiger partial charge is 0.296 e. The summed E-state index contributed by atoms with van der Waals surface area (Å²) in [4.78, 5) is 26.0. The quantitative estimate of drug-likeness (QED) is 0.824. The Labute approximate surface area is 132 Å². The van der Waals surface area contributed by atoms with E-state index in [0.29, 0.717) is 17.8 Å². The summed E-state index contributed by atoms with van der Waals surface area (Å²) in [6.45, 7) is 1.59. The highest BCUT2D eigenvalue weighted by atomic mass is 19.1. The lowest BCUT2D eigenvalue weighted by Crippen LogP contribution is -2.27. The van der Waals surface area contributed by atoms with Gasteiger partial charge in [-0.3, -0.25) is 9.59 Å². The predicted molar refractivity (Wildman–Crippen MR) is 84.8 cm³/mol. The van der Waals surface area contributed by atoms with Crippen molar-refractivity contribution in [1.82, 2.24) is 4.90 Å². The lowest BCUT2D eigenvalue weighted by Gasteiger charge is -2.28. The highest BCUT2D eigenvalue weighted by molar-refractivity contribution is 6.52. The summed E-state index contributed by atoms with van der Waals surface area (Å²) >= 11 is 0. The Morgan fingerprint density at radius 1 is 1.09 bits per heavy atom. The molecule has 4 rings (SSSR count). The van der Waals surface area contributed by atoms with E-state index in [1.54, 1.807) is 18.2 Å². The second kappa shape index (κ2) is 4.99. The first-order chi connectivity index (χ1) is 11.0. The van der Waals surface area contributed by atoms with Crippen molar-refractivity contribution in [3.8, 4) is 11.1 Å². The van der Waals surface area contributed by atoms with Gasteiger partial charge >= 0.3 is 0 Å². The van der Waals surface area contributed by atoms with Gasteiger partial charge in [0.1, 0.15) is 5.82 Å². The van der Waals surface area contributed by atoms with E-state index in [1.807, 2.05) is 7.05 Å². The fourth-order valence-corrected chi connectivity index (χ4v) is 3.39. The number of halogens is 1. The molecule has 0 radical (unpaired) electrons. The third kappa shape index (κ3) is 2.16. The van der Waals surface area contributed by atoms with E-state index in [9.17, 15) is 14.0 Å². The second-order valence-electron chi connectivity index (χ2n) is 6.08. The average Bonchev–Trinajstić information content (AvgIpc) is 2.83. The lowest BCUT2D eigenvalue weighted by atomic mass is 9.87. The summed E-state index contributed by atoms with van der Waals surface area (Å²) in [5.41, 5.74) is 4.97. The molecule has 0 aromatic heterocycles. The molecule has 23 heavy (non-hydrogen) atoms. The van der Waals surface area contributed by atoms with Gasteiger partial charge in [-0.05, 0) is 53.9 Å².